The fourth-order valence-corrected chi connectivity index (χ4v) is 1.20. The highest BCUT2D eigenvalue weighted by molar-refractivity contribution is 6.29. The van der Waals surface area contributed by atoms with Crippen molar-refractivity contribution in [3.05, 3.63) is 17.3 Å². The summed E-state index contributed by atoms with van der Waals surface area (Å²) < 4.78 is 10.7. The Hall–Kier alpha value is -1.00. The van der Waals surface area contributed by atoms with Crippen LogP contribution in [0.4, 0.5) is 5.69 Å². The van der Waals surface area contributed by atoms with E-state index in [9.17, 15) is 0 Å². The van der Waals surface area contributed by atoms with E-state index < -0.39 is 0 Å². The average Bonchev–Trinajstić information content (AvgIpc) is 2.22. The van der Waals surface area contributed by atoms with Crippen molar-refractivity contribution >= 4 is 17.3 Å². The summed E-state index contributed by atoms with van der Waals surface area (Å²) in [5.74, 6) is 0.884. The summed E-state index contributed by atoms with van der Waals surface area (Å²) in [6, 6.07) is 3.29. The lowest BCUT2D eigenvalue weighted by Gasteiger charge is -2.09. The number of aromatic nitrogens is 1. The minimum atomic E-state index is 0.362. The van der Waals surface area contributed by atoms with Gasteiger partial charge in [-0.15, -0.1) is 0 Å². The van der Waals surface area contributed by atoms with Crippen molar-refractivity contribution in [1.82, 2.24) is 4.98 Å². The maximum atomic E-state index is 5.72. The molecule has 0 fully saturated rings. The van der Waals surface area contributed by atoms with Crippen LogP contribution in [0.2, 0.25) is 5.15 Å². The number of pyridine rings is 1. The van der Waals surface area contributed by atoms with Gasteiger partial charge in [0, 0.05) is 6.61 Å². The second kappa shape index (κ2) is 6.55. The molecule has 0 spiro atoms. The quantitative estimate of drug-likeness (QED) is 0.617. The SMILES string of the molecule is CC(C)COCCOc1nc(Cl)ccc1N. The van der Waals surface area contributed by atoms with Crippen molar-refractivity contribution in [2.24, 2.45) is 5.92 Å². The topological polar surface area (TPSA) is 57.4 Å². The van der Waals surface area contributed by atoms with E-state index in [4.69, 9.17) is 26.8 Å². The van der Waals surface area contributed by atoms with Crippen LogP contribution in [0.1, 0.15) is 13.8 Å². The first-order valence-electron chi connectivity index (χ1n) is 5.22. The Morgan fingerprint density at radius 2 is 2.12 bits per heavy atom. The zero-order valence-corrected chi connectivity index (χ0v) is 10.3. The summed E-state index contributed by atoms with van der Waals surface area (Å²) in [4.78, 5) is 3.97. The van der Waals surface area contributed by atoms with E-state index >= 15 is 0 Å². The van der Waals surface area contributed by atoms with Gasteiger partial charge in [-0.2, -0.15) is 4.98 Å². The molecule has 2 N–H and O–H groups in total. The minimum absolute atomic E-state index is 0.362. The molecule has 0 unspecified atom stereocenters. The summed E-state index contributed by atoms with van der Waals surface area (Å²) in [6.45, 7) is 5.85. The third kappa shape index (κ3) is 4.68. The summed E-state index contributed by atoms with van der Waals surface area (Å²) in [5.41, 5.74) is 6.15. The van der Waals surface area contributed by atoms with Crippen LogP contribution >= 0.6 is 11.6 Å². The smallest absolute Gasteiger partial charge is 0.238 e. The molecule has 0 bridgehead atoms. The van der Waals surface area contributed by atoms with Gasteiger partial charge in [-0.05, 0) is 18.1 Å². The number of anilines is 1. The summed E-state index contributed by atoms with van der Waals surface area (Å²) in [5, 5.41) is 0.368. The average molecular weight is 245 g/mol. The number of nitrogens with two attached hydrogens (primary N) is 1. The molecule has 0 aliphatic heterocycles. The summed E-state index contributed by atoms with van der Waals surface area (Å²) in [6.07, 6.45) is 0. The minimum Gasteiger partial charge on any atom is -0.474 e. The molecule has 0 aliphatic rings. The first kappa shape index (κ1) is 13.1. The Morgan fingerprint density at radius 3 is 2.81 bits per heavy atom. The molecule has 16 heavy (non-hydrogen) atoms. The van der Waals surface area contributed by atoms with E-state index in [1.54, 1.807) is 12.1 Å². The number of halogens is 1. The van der Waals surface area contributed by atoms with Crippen LogP contribution in [0.15, 0.2) is 12.1 Å². The molecular weight excluding hydrogens is 228 g/mol. The molecular formula is C11H17ClN2O2. The Morgan fingerprint density at radius 1 is 1.38 bits per heavy atom. The van der Waals surface area contributed by atoms with Crippen LogP contribution in [0.3, 0.4) is 0 Å². The van der Waals surface area contributed by atoms with Gasteiger partial charge < -0.3 is 15.2 Å². The van der Waals surface area contributed by atoms with Gasteiger partial charge in [-0.3, -0.25) is 0 Å². The van der Waals surface area contributed by atoms with E-state index in [1.807, 2.05) is 0 Å². The first-order valence-corrected chi connectivity index (χ1v) is 5.60. The summed E-state index contributed by atoms with van der Waals surface area (Å²) >= 11 is 5.72. The van der Waals surface area contributed by atoms with Crippen molar-refractivity contribution in [1.29, 1.82) is 0 Å². The fraction of sp³-hybridized carbons (Fsp3) is 0.545. The van der Waals surface area contributed by atoms with Crippen LogP contribution in [0.25, 0.3) is 0 Å². The zero-order valence-electron chi connectivity index (χ0n) is 9.57. The molecule has 1 heterocycles. The lowest BCUT2D eigenvalue weighted by molar-refractivity contribution is 0.0808. The molecule has 1 aromatic heterocycles. The molecule has 5 heteroatoms. The zero-order chi connectivity index (χ0) is 12.0. The van der Waals surface area contributed by atoms with Gasteiger partial charge >= 0.3 is 0 Å². The van der Waals surface area contributed by atoms with Crippen molar-refractivity contribution in [3.8, 4) is 5.88 Å². The van der Waals surface area contributed by atoms with Crippen molar-refractivity contribution < 1.29 is 9.47 Å². The van der Waals surface area contributed by atoms with Gasteiger partial charge in [0.05, 0.1) is 12.3 Å². The van der Waals surface area contributed by atoms with Gasteiger partial charge in [0.2, 0.25) is 5.88 Å². The Kier molecular flexibility index (Phi) is 5.35. The van der Waals surface area contributed by atoms with Crippen molar-refractivity contribution in [2.45, 2.75) is 13.8 Å². The number of hydrogen-bond donors (Lipinski definition) is 1. The molecule has 0 amide bonds. The molecule has 0 atom stereocenters. The predicted molar refractivity (Wildman–Crippen MR) is 64.8 cm³/mol. The van der Waals surface area contributed by atoms with E-state index in [0.29, 0.717) is 35.9 Å². The maximum Gasteiger partial charge on any atom is 0.238 e. The number of nitrogen functional groups attached to an aromatic ring is 1. The number of rotatable bonds is 6. The second-order valence-corrected chi connectivity index (χ2v) is 4.23. The first-order chi connectivity index (χ1) is 7.59. The highest BCUT2D eigenvalue weighted by Gasteiger charge is 2.03. The van der Waals surface area contributed by atoms with Gasteiger partial charge in [-0.1, -0.05) is 25.4 Å². The van der Waals surface area contributed by atoms with E-state index in [-0.39, 0.29) is 0 Å². The molecule has 0 saturated carbocycles. The van der Waals surface area contributed by atoms with Gasteiger partial charge in [0.1, 0.15) is 11.8 Å². The van der Waals surface area contributed by atoms with Crippen LogP contribution in [0.5, 0.6) is 5.88 Å². The largest absolute Gasteiger partial charge is 0.474 e. The maximum absolute atomic E-state index is 5.72. The monoisotopic (exact) mass is 244 g/mol. The van der Waals surface area contributed by atoms with E-state index in [1.165, 1.54) is 0 Å². The Bertz CT molecular complexity index is 332. The Balaban J connectivity index is 2.29. The third-order valence-corrected chi connectivity index (χ3v) is 1.98. The fourth-order valence-electron chi connectivity index (χ4n) is 1.06. The lowest BCUT2D eigenvalue weighted by atomic mass is 10.2. The van der Waals surface area contributed by atoms with Crippen molar-refractivity contribution in [2.75, 3.05) is 25.6 Å². The highest BCUT2D eigenvalue weighted by Crippen LogP contribution is 2.20. The van der Waals surface area contributed by atoms with Crippen LogP contribution in [-0.4, -0.2) is 24.8 Å². The molecule has 0 aromatic carbocycles. The number of ether oxygens (including phenoxy) is 2. The van der Waals surface area contributed by atoms with Crippen LogP contribution < -0.4 is 10.5 Å². The normalized spacial score (nSPS) is 10.8. The molecule has 4 nitrogen and oxygen atoms in total. The van der Waals surface area contributed by atoms with Gasteiger partial charge in [0.15, 0.2) is 0 Å². The van der Waals surface area contributed by atoms with Crippen LogP contribution in [0, 0.1) is 5.92 Å². The van der Waals surface area contributed by atoms with E-state index in [0.717, 1.165) is 6.61 Å². The Labute approximate surface area is 101 Å². The number of nitrogens with zero attached hydrogens (tertiary/aromatic N) is 1. The third-order valence-electron chi connectivity index (χ3n) is 1.77. The standard InChI is InChI=1S/C11H17ClN2O2/c1-8(2)7-15-5-6-16-11-9(13)3-4-10(12)14-11/h3-4,8H,5-7,13H2,1-2H3. The van der Waals surface area contributed by atoms with Crippen LogP contribution in [-0.2, 0) is 4.74 Å². The van der Waals surface area contributed by atoms with Gasteiger partial charge in [0.25, 0.3) is 0 Å². The summed E-state index contributed by atoms with van der Waals surface area (Å²) in [7, 11) is 0. The number of hydrogen-bond acceptors (Lipinski definition) is 4. The lowest BCUT2D eigenvalue weighted by Crippen LogP contribution is -2.11. The molecule has 0 radical (unpaired) electrons. The molecule has 0 saturated heterocycles. The predicted octanol–water partition coefficient (Wildman–Crippen LogP) is 2.37. The van der Waals surface area contributed by atoms with E-state index in [2.05, 4.69) is 18.8 Å². The molecule has 0 aliphatic carbocycles. The van der Waals surface area contributed by atoms with Gasteiger partial charge in [-0.25, -0.2) is 0 Å². The molecule has 90 valence electrons. The van der Waals surface area contributed by atoms with Crippen molar-refractivity contribution in [3.63, 3.8) is 0 Å². The molecule has 1 rings (SSSR count). The highest BCUT2D eigenvalue weighted by atomic mass is 35.5. The molecule has 1 aromatic rings. The second-order valence-electron chi connectivity index (χ2n) is 3.85.